The van der Waals surface area contributed by atoms with E-state index in [-0.39, 0.29) is 6.04 Å². The molecular formula is C11H19N3O. The first kappa shape index (κ1) is 11.9. The van der Waals surface area contributed by atoms with Crippen molar-refractivity contribution in [3.8, 4) is 0 Å². The number of hydrogen-bond donors (Lipinski definition) is 1. The zero-order chi connectivity index (χ0) is 11.3. The fourth-order valence-electron chi connectivity index (χ4n) is 1.31. The van der Waals surface area contributed by atoms with E-state index in [4.69, 9.17) is 4.74 Å². The van der Waals surface area contributed by atoms with E-state index in [0.29, 0.717) is 12.5 Å². The zero-order valence-electron chi connectivity index (χ0n) is 9.82. The quantitative estimate of drug-likeness (QED) is 0.804. The molecule has 0 aliphatic rings. The van der Waals surface area contributed by atoms with Crippen LogP contribution in [0.5, 0.6) is 0 Å². The highest BCUT2D eigenvalue weighted by atomic mass is 16.5. The topological polar surface area (TPSA) is 47.0 Å². The average molecular weight is 209 g/mol. The van der Waals surface area contributed by atoms with Crippen LogP contribution in [-0.2, 0) is 4.74 Å². The summed E-state index contributed by atoms with van der Waals surface area (Å²) < 4.78 is 5.16. The van der Waals surface area contributed by atoms with Crippen molar-refractivity contribution in [3.05, 3.63) is 18.1 Å². The lowest BCUT2D eigenvalue weighted by molar-refractivity contribution is 0.171. The van der Waals surface area contributed by atoms with Crippen LogP contribution in [0.4, 0.5) is 5.82 Å². The van der Waals surface area contributed by atoms with Crippen LogP contribution in [0.15, 0.2) is 12.3 Å². The Morgan fingerprint density at radius 3 is 2.73 bits per heavy atom. The first-order chi connectivity index (χ1) is 7.13. The maximum atomic E-state index is 5.16. The van der Waals surface area contributed by atoms with Gasteiger partial charge in [0.2, 0.25) is 0 Å². The van der Waals surface area contributed by atoms with Crippen LogP contribution in [0, 0.1) is 12.8 Å². The van der Waals surface area contributed by atoms with Crippen LogP contribution < -0.4 is 5.32 Å². The van der Waals surface area contributed by atoms with Gasteiger partial charge in [0.05, 0.1) is 12.6 Å². The molecule has 1 rings (SSSR count). The van der Waals surface area contributed by atoms with E-state index in [1.165, 1.54) is 0 Å². The highest BCUT2D eigenvalue weighted by molar-refractivity contribution is 5.34. The van der Waals surface area contributed by atoms with E-state index in [0.717, 1.165) is 11.6 Å². The van der Waals surface area contributed by atoms with Crippen LogP contribution in [-0.4, -0.2) is 29.7 Å². The molecule has 1 unspecified atom stereocenters. The van der Waals surface area contributed by atoms with Gasteiger partial charge < -0.3 is 10.1 Å². The molecule has 0 radical (unpaired) electrons. The summed E-state index contributed by atoms with van der Waals surface area (Å²) in [6.45, 7) is 6.88. The number of aryl methyl sites for hydroxylation is 1. The Kier molecular flexibility index (Phi) is 4.49. The molecule has 0 bridgehead atoms. The van der Waals surface area contributed by atoms with E-state index in [9.17, 15) is 0 Å². The van der Waals surface area contributed by atoms with Gasteiger partial charge in [-0.15, -0.1) is 0 Å². The minimum absolute atomic E-state index is 0.282. The summed E-state index contributed by atoms with van der Waals surface area (Å²) >= 11 is 0. The van der Waals surface area contributed by atoms with Crippen LogP contribution in [0.3, 0.4) is 0 Å². The molecule has 0 saturated heterocycles. The van der Waals surface area contributed by atoms with Crippen LogP contribution in [0.2, 0.25) is 0 Å². The number of aromatic nitrogens is 2. The molecule has 84 valence electrons. The van der Waals surface area contributed by atoms with Crippen molar-refractivity contribution < 1.29 is 4.74 Å². The Morgan fingerprint density at radius 1 is 1.47 bits per heavy atom. The molecule has 1 aromatic heterocycles. The molecular weight excluding hydrogens is 190 g/mol. The average Bonchev–Trinajstić information content (AvgIpc) is 2.17. The number of nitrogens with zero attached hydrogens (tertiary/aromatic N) is 2. The van der Waals surface area contributed by atoms with Gasteiger partial charge in [-0.3, -0.25) is 0 Å². The maximum Gasteiger partial charge on any atom is 0.129 e. The van der Waals surface area contributed by atoms with Gasteiger partial charge >= 0.3 is 0 Å². The van der Waals surface area contributed by atoms with Gasteiger partial charge in [0.25, 0.3) is 0 Å². The van der Waals surface area contributed by atoms with Gasteiger partial charge in [-0.1, -0.05) is 13.8 Å². The first-order valence-corrected chi connectivity index (χ1v) is 5.18. The highest BCUT2D eigenvalue weighted by Gasteiger charge is 2.13. The minimum Gasteiger partial charge on any atom is -0.383 e. The van der Waals surface area contributed by atoms with Gasteiger partial charge in [0.15, 0.2) is 0 Å². The molecule has 0 fully saturated rings. The molecule has 0 aliphatic heterocycles. The summed E-state index contributed by atoms with van der Waals surface area (Å²) in [4.78, 5) is 8.36. The van der Waals surface area contributed by atoms with E-state index in [1.807, 2.05) is 13.0 Å². The SMILES string of the molecule is COCC(Nc1ccnc(C)n1)C(C)C. The third kappa shape index (κ3) is 3.83. The third-order valence-electron chi connectivity index (χ3n) is 2.26. The lowest BCUT2D eigenvalue weighted by Gasteiger charge is -2.21. The van der Waals surface area contributed by atoms with E-state index in [2.05, 4.69) is 29.1 Å². The minimum atomic E-state index is 0.282. The number of hydrogen-bond acceptors (Lipinski definition) is 4. The first-order valence-electron chi connectivity index (χ1n) is 5.18. The second kappa shape index (κ2) is 5.66. The molecule has 0 amide bonds. The fraction of sp³-hybridized carbons (Fsp3) is 0.636. The second-order valence-corrected chi connectivity index (χ2v) is 3.94. The number of methoxy groups -OCH3 is 1. The number of anilines is 1. The third-order valence-corrected chi connectivity index (χ3v) is 2.26. The second-order valence-electron chi connectivity index (χ2n) is 3.94. The summed E-state index contributed by atoms with van der Waals surface area (Å²) in [6, 6.07) is 2.15. The van der Waals surface area contributed by atoms with Crippen molar-refractivity contribution in [3.63, 3.8) is 0 Å². The Labute approximate surface area is 91.1 Å². The number of ether oxygens (including phenoxy) is 1. The molecule has 1 N–H and O–H groups in total. The summed E-state index contributed by atoms with van der Waals surface area (Å²) in [5, 5.41) is 3.34. The van der Waals surface area contributed by atoms with Crippen molar-refractivity contribution in [1.82, 2.24) is 9.97 Å². The Bertz CT molecular complexity index is 302. The van der Waals surface area contributed by atoms with Crippen LogP contribution >= 0.6 is 0 Å². The van der Waals surface area contributed by atoms with Gasteiger partial charge in [-0.2, -0.15) is 0 Å². The number of rotatable bonds is 5. The predicted molar refractivity (Wildman–Crippen MR) is 60.9 cm³/mol. The molecule has 0 saturated carbocycles. The lowest BCUT2D eigenvalue weighted by atomic mass is 10.1. The number of nitrogens with one attached hydrogen (secondary N) is 1. The molecule has 1 aromatic rings. The van der Waals surface area contributed by atoms with E-state index in [1.54, 1.807) is 13.3 Å². The fourth-order valence-corrected chi connectivity index (χ4v) is 1.31. The highest BCUT2D eigenvalue weighted by Crippen LogP contribution is 2.10. The van der Waals surface area contributed by atoms with Crippen molar-refractivity contribution in [1.29, 1.82) is 0 Å². The van der Waals surface area contributed by atoms with Crippen molar-refractivity contribution >= 4 is 5.82 Å². The maximum absolute atomic E-state index is 5.16. The molecule has 1 heterocycles. The largest absolute Gasteiger partial charge is 0.383 e. The molecule has 0 aromatic carbocycles. The monoisotopic (exact) mass is 209 g/mol. The molecule has 4 heteroatoms. The molecule has 0 aliphatic carbocycles. The zero-order valence-corrected chi connectivity index (χ0v) is 9.82. The van der Waals surface area contributed by atoms with Gasteiger partial charge in [-0.05, 0) is 18.9 Å². The molecule has 1 atom stereocenters. The van der Waals surface area contributed by atoms with Crippen molar-refractivity contribution in [2.45, 2.75) is 26.8 Å². The van der Waals surface area contributed by atoms with Crippen LogP contribution in [0.25, 0.3) is 0 Å². The standard InChI is InChI=1S/C11H19N3O/c1-8(2)10(7-15-4)14-11-5-6-12-9(3)13-11/h5-6,8,10H,7H2,1-4H3,(H,12,13,14). The molecule has 0 spiro atoms. The smallest absolute Gasteiger partial charge is 0.129 e. The van der Waals surface area contributed by atoms with Gasteiger partial charge in [0.1, 0.15) is 11.6 Å². The summed E-state index contributed by atoms with van der Waals surface area (Å²) in [7, 11) is 1.71. The van der Waals surface area contributed by atoms with Gasteiger partial charge in [0, 0.05) is 13.3 Å². The van der Waals surface area contributed by atoms with Crippen molar-refractivity contribution in [2.75, 3.05) is 19.0 Å². The predicted octanol–water partition coefficient (Wildman–Crippen LogP) is 1.87. The normalized spacial score (nSPS) is 12.9. The summed E-state index contributed by atoms with van der Waals surface area (Å²) in [5.41, 5.74) is 0. The molecule has 4 nitrogen and oxygen atoms in total. The van der Waals surface area contributed by atoms with E-state index >= 15 is 0 Å². The van der Waals surface area contributed by atoms with E-state index < -0.39 is 0 Å². The summed E-state index contributed by atoms with van der Waals surface area (Å²) in [5.74, 6) is 2.14. The lowest BCUT2D eigenvalue weighted by Crippen LogP contribution is -2.30. The summed E-state index contributed by atoms with van der Waals surface area (Å²) in [6.07, 6.45) is 1.76. The molecule has 15 heavy (non-hydrogen) atoms. The van der Waals surface area contributed by atoms with Gasteiger partial charge in [-0.25, -0.2) is 9.97 Å². The Hall–Kier alpha value is -1.16. The Balaban J connectivity index is 2.65. The van der Waals surface area contributed by atoms with Crippen molar-refractivity contribution in [2.24, 2.45) is 5.92 Å². The Morgan fingerprint density at radius 2 is 2.20 bits per heavy atom. The van der Waals surface area contributed by atoms with Crippen LogP contribution in [0.1, 0.15) is 19.7 Å².